The SMILES string of the molecule is CC1C=C(S(=O)(=O)NC(C)Cc2c[nH]c3ccccc23)C=CC1. The van der Waals surface area contributed by atoms with Gasteiger partial charge in [0.15, 0.2) is 0 Å². The van der Waals surface area contributed by atoms with Gasteiger partial charge in [0.1, 0.15) is 0 Å². The average molecular weight is 330 g/mol. The van der Waals surface area contributed by atoms with Gasteiger partial charge in [0.2, 0.25) is 10.0 Å². The molecule has 122 valence electrons. The van der Waals surface area contributed by atoms with Gasteiger partial charge in [-0.05, 0) is 43.4 Å². The predicted octanol–water partition coefficient (Wildman–Crippen LogP) is 3.50. The number of benzene rings is 1. The molecule has 1 heterocycles. The molecule has 0 bridgehead atoms. The molecular weight excluding hydrogens is 308 g/mol. The Morgan fingerprint density at radius 3 is 2.91 bits per heavy atom. The van der Waals surface area contributed by atoms with Crippen molar-refractivity contribution in [1.29, 1.82) is 0 Å². The molecule has 1 aliphatic rings. The Morgan fingerprint density at radius 2 is 2.13 bits per heavy atom. The van der Waals surface area contributed by atoms with Crippen LogP contribution >= 0.6 is 0 Å². The molecule has 0 radical (unpaired) electrons. The zero-order chi connectivity index (χ0) is 16.4. The number of rotatable bonds is 5. The first-order valence-corrected chi connectivity index (χ1v) is 9.40. The molecule has 5 heteroatoms. The molecule has 0 amide bonds. The molecule has 2 unspecified atom stereocenters. The molecule has 3 rings (SSSR count). The van der Waals surface area contributed by atoms with Crippen LogP contribution in [0.3, 0.4) is 0 Å². The number of sulfonamides is 1. The lowest BCUT2D eigenvalue weighted by molar-refractivity contribution is 0.566. The van der Waals surface area contributed by atoms with E-state index in [9.17, 15) is 8.42 Å². The van der Waals surface area contributed by atoms with E-state index in [1.54, 1.807) is 6.08 Å². The number of fused-ring (bicyclic) bond motifs is 1. The van der Waals surface area contributed by atoms with E-state index in [4.69, 9.17) is 0 Å². The molecule has 2 atom stereocenters. The van der Waals surface area contributed by atoms with Gasteiger partial charge in [0, 0.05) is 23.1 Å². The largest absolute Gasteiger partial charge is 0.361 e. The van der Waals surface area contributed by atoms with Crippen molar-refractivity contribution >= 4 is 20.9 Å². The maximum Gasteiger partial charge on any atom is 0.240 e. The maximum absolute atomic E-state index is 12.5. The second-order valence-corrected chi connectivity index (χ2v) is 7.98. The van der Waals surface area contributed by atoms with Gasteiger partial charge in [-0.1, -0.05) is 37.3 Å². The Balaban J connectivity index is 1.74. The lowest BCUT2D eigenvalue weighted by Gasteiger charge is -2.17. The predicted molar refractivity (Wildman–Crippen MR) is 94.5 cm³/mol. The van der Waals surface area contributed by atoms with Crippen LogP contribution in [-0.2, 0) is 16.4 Å². The normalized spacial score (nSPS) is 19.7. The molecule has 1 aliphatic carbocycles. The Kier molecular flexibility index (Phi) is 4.41. The quantitative estimate of drug-likeness (QED) is 0.881. The zero-order valence-corrected chi connectivity index (χ0v) is 14.2. The molecule has 0 saturated carbocycles. The highest BCUT2D eigenvalue weighted by Gasteiger charge is 2.21. The van der Waals surface area contributed by atoms with E-state index in [0.29, 0.717) is 11.3 Å². The second kappa shape index (κ2) is 6.34. The van der Waals surface area contributed by atoms with E-state index >= 15 is 0 Å². The molecule has 0 spiro atoms. The number of nitrogens with one attached hydrogen (secondary N) is 2. The third-order valence-corrected chi connectivity index (χ3v) is 5.71. The van der Waals surface area contributed by atoms with Gasteiger partial charge in [0.25, 0.3) is 0 Å². The monoisotopic (exact) mass is 330 g/mol. The van der Waals surface area contributed by atoms with Gasteiger partial charge >= 0.3 is 0 Å². The summed E-state index contributed by atoms with van der Waals surface area (Å²) in [6, 6.07) is 7.87. The molecule has 1 aromatic heterocycles. The Hall–Kier alpha value is -1.85. The van der Waals surface area contributed by atoms with E-state index < -0.39 is 10.0 Å². The van der Waals surface area contributed by atoms with Crippen LogP contribution in [0.5, 0.6) is 0 Å². The van der Waals surface area contributed by atoms with Crippen LogP contribution < -0.4 is 4.72 Å². The number of H-pyrrole nitrogens is 1. The smallest absolute Gasteiger partial charge is 0.240 e. The average Bonchev–Trinajstić information content (AvgIpc) is 2.90. The minimum atomic E-state index is -3.46. The third kappa shape index (κ3) is 3.57. The highest BCUT2D eigenvalue weighted by Crippen LogP contribution is 2.22. The van der Waals surface area contributed by atoms with Crippen molar-refractivity contribution in [2.45, 2.75) is 32.7 Å². The third-order valence-electron chi connectivity index (χ3n) is 4.11. The lowest BCUT2D eigenvalue weighted by Crippen LogP contribution is -2.35. The fourth-order valence-corrected chi connectivity index (χ4v) is 4.42. The van der Waals surface area contributed by atoms with Gasteiger partial charge in [-0.2, -0.15) is 0 Å². The van der Waals surface area contributed by atoms with Crippen LogP contribution in [0.1, 0.15) is 25.8 Å². The number of hydrogen-bond donors (Lipinski definition) is 2. The molecule has 0 aliphatic heterocycles. The molecular formula is C18H22N2O2S. The summed E-state index contributed by atoms with van der Waals surface area (Å²) in [5.74, 6) is 0.260. The van der Waals surface area contributed by atoms with E-state index in [0.717, 1.165) is 22.9 Å². The standard InChI is InChI=1S/C18H22N2O2S/c1-13-6-5-7-16(10-13)23(21,22)20-14(2)11-15-12-19-18-9-4-3-8-17(15)18/h3-5,7-10,12-14,19-20H,6,11H2,1-2H3. The number of allylic oxidation sites excluding steroid dienone is 3. The molecule has 0 fully saturated rings. The number of aromatic nitrogens is 1. The summed E-state index contributed by atoms with van der Waals surface area (Å²) in [5.41, 5.74) is 2.20. The molecule has 2 aromatic rings. The van der Waals surface area contributed by atoms with Crippen molar-refractivity contribution < 1.29 is 8.42 Å². The van der Waals surface area contributed by atoms with E-state index in [1.807, 2.05) is 50.4 Å². The van der Waals surface area contributed by atoms with Crippen molar-refractivity contribution in [1.82, 2.24) is 9.71 Å². The van der Waals surface area contributed by atoms with Gasteiger partial charge in [-0.15, -0.1) is 0 Å². The van der Waals surface area contributed by atoms with Crippen LogP contribution in [0.4, 0.5) is 0 Å². The molecule has 2 N–H and O–H groups in total. The summed E-state index contributed by atoms with van der Waals surface area (Å²) in [5, 5.41) is 1.14. The van der Waals surface area contributed by atoms with E-state index in [-0.39, 0.29) is 12.0 Å². The number of para-hydroxylation sites is 1. The summed E-state index contributed by atoms with van der Waals surface area (Å²) in [7, 11) is -3.46. The van der Waals surface area contributed by atoms with Crippen LogP contribution in [0.2, 0.25) is 0 Å². The fraction of sp³-hybridized carbons (Fsp3) is 0.333. The minimum absolute atomic E-state index is 0.175. The van der Waals surface area contributed by atoms with Crippen molar-refractivity contribution in [2.75, 3.05) is 0 Å². The summed E-state index contributed by atoms with van der Waals surface area (Å²) in [6.45, 7) is 3.92. The summed E-state index contributed by atoms with van der Waals surface area (Å²) >= 11 is 0. The van der Waals surface area contributed by atoms with Crippen LogP contribution in [0.25, 0.3) is 10.9 Å². The van der Waals surface area contributed by atoms with Gasteiger partial charge in [-0.3, -0.25) is 0 Å². The Labute approximate surface area is 137 Å². The topological polar surface area (TPSA) is 62.0 Å². The molecule has 4 nitrogen and oxygen atoms in total. The summed E-state index contributed by atoms with van der Waals surface area (Å²) in [6.07, 6.45) is 8.93. The van der Waals surface area contributed by atoms with Gasteiger partial charge in [0.05, 0.1) is 4.91 Å². The van der Waals surface area contributed by atoms with Crippen LogP contribution in [0, 0.1) is 5.92 Å². The molecule has 23 heavy (non-hydrogen) atoms. The Morgan fingerprint density at radius 1 is 1.35 bits per heavy atom. The molecule has 0 saturated heterocycles. The van der Waals surface area contributed by atoms with Crippen molar-refractivity contribution in [3.05, 3.63) is 59.2 Å². The second-order valence-electron chi connectivity index (χ2n) is 6.27. The van der Waals surface area contributed by atoms with E-state index in [2.05, 4.69) is 15.8 Å². The number of hydrogen-bond acceptors (Lipinski definition) is 2. The van der Waals surface area contributed by atoms with Crippen molar-refractivity contribution in [3.8, 4) is 0 Å². The highest BCUT2D eigenvalue weighted by atomic mass is 32.2. The number of aromatic amines is 1. The van der Waals surface area contributed by atoms with E-state index in [1.165, 1.54) is 0 Å². The fourth-order valence-electron chi connectivity index (χ4n) is 2.99. The van der Waals surface area contributed by atoms with Crippen LogP contribution in [0.15, 0.2) is 53.6 Å². The van der Waals surface area contributed by atoms with Gasteiger partial charge in [-0.25, -0.2) is 13.1 Å². The summed E-state index contributed by atoms with van der Waals surface area (Å²) in [4.78, 5) is 3.60. The first-order chi connectivity index (χ1) is 11.0. The van der Waals surface area contributed by atoms with Crippen molar-refractivity contribution in [2.24, 2.45) is 5.92 Å². The van der Waals surface area contributed by atoms with Crippen molar-refractivity contribution in [3.63, 3.8) is 0 Å². The first-order valence-electron chi connectivity index (χ1n) is 7.91. The first kappa shape index (κ1) is 16.0. The minimum Gasteiger partial charge on any atom is -0.361 e. The Bertz CT molecular complexity index is 862. The molecule has 1 aromatic carbocycles. The highest BCUT2D eigenvalue weighted by molar-refractivity contribution is 7.93. The zero-order valence-electron chi connectivity index (χ0n) is 13.4. The maximum atomic E-state index is 12.5. The van der Waals surface area contributed by atoms with Crippen LogP contribution in [-0.4, -0.2) is 19.4 Å². The lowest BCUT2D eigenvalue weighted by atomic mass is 10.0. The van der Waals surface area contributed by atoms with Gasteiger partial charge < -0.3 is 4.98 Å². The summed E-state index contributed by atoms with van der Waals surface area (Å²) < 4.78 is 27.8.